The van der Waals surface area contributed by atoms with Crippen molar-refractivity contribution in [3.63, 3.8) is 0 Å². The molecule has 0 heterocycles. The average Bonchev–Trinajstić information content (AvgIpc) is 2.58. The molecule has 0 radical (unpaired) electrons. The molecule has 3 N–H and O–H groups in total. The zero-order chi connectivity index (χ0) is 16.5. The minimum Gasteiger partial charge on any atom is -0.508 e. The van der Waals surface area contributed by atoms with Gasteiger partial charge in [-0.05, 0) is 30.3 Å². The molecule has 0 aliphatic rings. The first-order valence-corrected chi connectivity index (χ1v) is 7.19. The molecule has 6 heteroatoms. The van der Waals surface area contributed by atoms with Gasteiger partial charge in [-0.1, -0.05) is 18.2 Å². The molecule has 0 saturated heterocycles. The topological polar surface area (TPSA) is 88.0 Å². The van der Waals surface area contributed by atoms with Gasteiger partial charge in [-0.15, -0.1) is 0 Å². The molecule has 6 nitrogen and oxygen atoms in total. The molecule has 0 aliphatic carbocycles. The molecule has 2 aromatic rings. The zero-order valence-corrected chi connectivity index (χ0v) is 12.6. The molecule has 2 aromatic carbocycles. The van der Waals surface area contributed by atoms with Crippen molar-refractivity contribution in [2.24, 2.45) is 0 Å². The van der Waals surface area contributed by atoms with Crippen molar-refractivity contribution in [1.29, 1.82) is 0 Å². The van der Waals surface area contributed by atoms with Crippen LogP contribution in [0.3, 0.4) is 0 Å². The second kappa shape index (κ2) is 8.65. The van der Waals surface area contributed by atoms with Gasteiger partial charge in [0.15, 0.2) is 6.61 Å². The summed E-state index contributed by atoms with van der Waals surface area (Å²) in [5, 5.41) is 20.7. The Morgan fingerprint density at radius 1 is 1.04 bits per heavy atom. The number of aliphatic hydroxyl groups is 1. The number of carbonyl (C=O) groups excluding carboxylic acids is 1. The normalized spacial score (nSPS) is 10.1. The van der Waals surface area contributed by atoms with Gasteiger partial charge >= 0.3 is 0 Å². The monoisotopic (exact) mass is 317 g/mol. The highest BCUT2D eigenvalue weighted by Gasteiger charge is 2.06. The van der Waals surface area contributed by atoms with Crippen LogP contribution < -0.4 is 14.8 Å². The SMILES string of the molecule is O=C(COc1ccc(O)cc1)NCc1ccccc1OCCO. The number of aromatic hydroxyl groups is 1. The maximum absolute atomic E-state index is 11.8. The summed E-state index contributed by atoms with van der Waals surface area (Å²) in [6.07, 6.45) is 0. The Kier molecular flexibility index (Phi) is 6.26. The summed E-state index contributed by atoms with van der Waals surface area (Å²) in [7, 11) is 0. The standard InChI is InChI=1S/C17H19NO5/c19-9-10-22-16-4-2-1-3-13(16)11-18-17(21)12-23-15-7-5-14(20)6-8-15/h1-8,19-20H,9-12H2,(H,18,21). The predicted octanol–water partition coefficient (Wildman–Crippen LogP) is 1.46. The van der Waals surface area contributed by atoms with E-state index in [1.165, 1.54) is 12.1 Å². The number of amides is 1. The van der Waals surface area contributed by atoms with Gasteiger partial charge in [-0.25, -0.2) is 0 Å². The van der Waals surface area contributed by atoms with E-state index < -0.39 is 0 Å². The van der Waals surface area contributed by atoms with Crippen LogP contribution in [0.1, 0.15) is 5.56 Å². The quantitative estimate of drug-likeness (QED) is 0.686. The number of carbonyl (C=O) groups is 1. The van der Waals surface area contributed by atoms with E-state index in [2.05, 4.69) is 5.32 Å². The number of para-hydroxylation sites is 1. The van der Waals surface area contributed by atoms with E-state index in [1.54, 1.807) is 18.2 Å². The van der Waals surface area contributed by atoms with Gasteiger partial charge in [0.1, 0.15) is 23.9 Å². The number of nitrogens with one attached hydrogen (secondary N) is 1. The van der Waals surface area contributed by atoms with Gasteiger partial charge < -0.3 is 25.0 Å². The number of phenolic OH excluding ortho intramolecular Hbond substituents is 1. The van der Waals surface area contributed by atoms with Gasteiger partial charge in [0.05, 0.1) is 6.61 Å². The first-order valence-electron chi connectivity index (χ1n) is 7.19. The summed E-state index contributed by atoms with van der Waals surface area (Å²) in [5.41, 5.74) is 0.818. The minimum atomic E-state index is -0.268. The fourth-order valence-corrected chi connectivity index (χ4v) is 1.88. The average molecular weight is 317 g/mol. The second-order valence-corrected chi connectivity index (χ2v) is 4.74. The highest BCUT2D eigenvalue weighted by Crippen LogP contribution is 2.18. The number of benzene rings is 2. The molecule has 0 bridgehead atoms. The Labute approximate surface area is 134 Å². The molecular formula is C17H19NO5. The smallest absolute Gasteiger partial charge is 0.258 e. The summed E-state index contributed by atoms with van der Waals surface area (Å²) in [6, 6.07) is 13.4. The van der Waals surface area contributed by atoms with Gasteiger partial charge in [0.25, 0.3) is 5.91 Å². The highest BCUT2D eigenvalue weighted by atomic mass is 16.5. The lowest BCUT2D eigenvalue weighted by Crippen LogP contribution is -2.28. The Bertz CT molecular complexity index is 627. The van der Waals surface area contributed by atoms with Crippen LogP contribution in [0.4, 0.5) is 0 Å². The Balaban J connectivity index is 1.81. The third kappa shape index (κ3) is 5.52. The molecule has 0 unspecified atom stereocenters. The summed E-state index contributed by atoms with van der Waals surface area (Å²) < 4.78 is 10.7. The summed E-state index contributed by atoms with van der Waals surface area (Å²) >= 11 is 0. The molecule has 0 aliphatic heterocycles. The fourth-order valence-electron chi connectivity index (χ4n) is 1.88. The van der Waals surface area contributed by atoms with Gasteiger partial charge in [-0.3, -0.25) is 4.79 Å². The molecule has 2 rings (SSSR count). The summed E-state index contributed by atoms with van der Waals surface area (Å²) in [6.45, 7) is 0.319. The molecule has 0 fully saturated rings. The molecule has 0 saturated carbocycles. The van der Waals surface area contributed by atoms with Crippen LogP contribution in [-0.2, 0) is 11.3 Å². The highest BCUT2D eigenvalue weighted by molar-refractivity contribution is 5.77. The molecule has 0 spiro atoms. The van der Waals surface area contributed by atoms with Crippen molar-refractivity contribution in [2.45, 2.75) is 6.54 Å². The number of hydrogen-bond donors (Lipinski definition) is 3. The lowest BCUT2D eigenvalue weighted by molar-refractivity contribution is -0.123. The second-order valence-electron chi connectivity index (χ2n) is 4.74. The van der Waals surface area contributed by atoms with Crippen molar-refractivity contribution in [3.8, 4) is 17.2 Å². The van der Waals surface area contributed by atoms with E-state index in [4.69, 9.17) is 19.7 Å². The summed E-state index contributed by atoms with van der Waals surface area (Å²) in [5.74, 6) is 1.00. The molecule has 0 aromatic heterocycles. The lowest BCUT2D eigenvalue weighted by Gasteiger charge is -2.12. The third-order valence-electron chi connectivity index (χ3n) is 3.00. The van der Waals surface area contributed by atoms with Crippen LogP contribution in [0.15, 0.2) is 48.5 Å². The minimum absolute atomic E-state index is 0.0683. The largest absolute Gasteiger partial charge is 0.508 e. The van der Waals surface area contributed by atoms with Crippen LogP contribution in [0.25, 0.3) is 0 Å². The Morgan fingerprint density at radius 2 is 1.78 bits per heavy atom. The molecule has 0 atom stereocenters. The zero-order valence-electron chi connectivity index (χ0n) is 12.6. The number of ether oxygens (including phenoxy) is 2. The van der Waals surface area contributed by atoms with Crippen molar-refractivity contribution < 1.29 is 24.5 Å². The molecular weight excluding hydrogens is 298 g/mol. The van der Waals surface area contributed by atoms with Crippen LogP contribution >= 0.6 is 0 Å². The first kappa shape index (κ1) is 16.6. The fraction of sp³-hybridized carbons (Fsp3) is 0.235. The summed E-state index contributed by atoms with van der Waals surface area (Å²) in [4.78, 5) is 11.8. The van der Waals surface area contributed by atoms with Crippen molar-refractivity contribution in [2.75, 3.05) is 19.8 Å². The van der Waals surface area contributed by atoms with Crippen LogP contribution in [0.5, 0.6) is 17.2 Å². The number of hydrogen-bond acceptors (Lipinski definition) is 5. The van der Waals surface area contributed by atoms with E-state index in [1.807, 2.05) is 18.2 Å². The van der Waals surface area contributed by atoms with Crippen molar-refractivity contribution in [1.82, 2.24) is 5.32 Å². The van der Waals surface area contributed by atoms with Crippen molar-refractivity contribution in [3.05, 3.63) is 54.1 Å². The Hall–Kier alpha value is -2.73. The van der Waals surface area contributed by atoms with Gasteiger partial charge in [0.2, 0.25) is 0 Å². The molecule has 122 valence electrons. The first-order chi connectivity index (χ1) is 11.2. The van der Waals surface area contributed by atoms with Crippen LogP contribution in [0, 0.1) is 0 Å². The number of phenols is 1. The lowest BCUT2D eigenvalue weighted by atomic mass is 10.2. The van der Waals surface area contributed by atoms with E-state index in [0.29, 0.717) is 18.0 Å². The van der Waals surface area contributed by atoms with Crippen LogP contribution in [-0.4, -0.2) is 35.9 Å². The van der Waals surface area contributed by atoms with E-state index in [-0.39, 0.29) is 31.5 Å². The molecule has 23 heavy (non-hydrogen) atoms. The number of rotatable bonds is 8. The van der Waals surface area contributed by atoms with E-state index in [0.717, 1.165) is 5.56 Å². The van der Waals surface area contributed by atoms with E-state index >= 15 is 0 Å². The van der Waals surface area contributed by atoms with Crippen LogP contribution in [0.2, 0.25) is 0 Å². The van der Waals surface area contributed by atoms with Crippen molar-refractivity contribution >= 4 is 5.91 Å². The van der Waals surface area contributed by atoms with Gasteiger partial charge in [-0.2, -0.15) is 0 Å². The van der Waals surface area contributed by atoms with E-state index in [9.17, 15) is 4.79 Å². The van der Waals surface area contributed by atoms with Gasteiger partial charge in [0, 0.05) is 12.1 Å². The predicted molar refractivity (Wildman–Crippen MR) is 84.5 cm³/mol. The maximum atomic E-state index is 11.8. The number of aliphatic hydroxyl groups excluding tert-OH is 1. The maximum Gasteiger partial charge on any atom is 0.258 e. The molecule has 1 amide bonds. The Morgan fingerprint density at radius 3 is 2.52 bits per heavy atom. The third-order valence-corrected chi connectivity index (χ3v) is 3.00.